The number of carbonyl (C=O) groups is 1. The average molecular weight is 329 g/mol. The van der Waals surface area contributed by atoms with E-state index in [0.717, 1.165) is 11.3 Å². The van der Waals surface area contributed by atoms with E-state index in [4.69, 9.17) is 9.47 Å². The van der Waals surface area contributed by atoms with Gasteiger partial charge in [-0.2, -0.15) is 0 Å². The number of carbonyl (C=O) groups excluding carboxylic acids is 1. The van der Waals surface area contributed by atoms with Crippen LogP contribution in [0.4, 0.5) is 4.39 Å². The molecule has 1 N–H and O–H groups in total. The maximum Gasteiger partial charge on any atom is 0.258 e. The first kappa shape index (κ1) is 16.3. The Hall–Kier alpha value is -2.56. The van der Waals surface area contributed by atoms with E-state index >= 15 is 0 Å². The highest BCUT2D eigenvalue weighted by molar-refractivity contribution is 5.78. The third kappa shape index (κ3) is 3.67. The van der Waals surface area contributed by atoms with E-state index in [1.807, 2.05) is 38.1 Å². The molecule has 5 heteroatoms. The summed E-state index contributed by atoms with van der Waals surface area (Å²) in [6, 6.07) is 13.5. The van der Waals surface area contributed by atoms with Gasteiger partial charge in [-0.25, -0.2) is 4.39 Å². The van der Waals surface area contributed by atoms with Crippen molar-refractivity contribution >= 4 is 5.91 Å². The third-order valence-corrected chi connectivity index (χ3v) is 3.91. The second kappa shape index (κ2) is 6.51. The van der Waals surface area contributed by atoms with Crippen LogP contribution in [0, 0.1) is 5.82 Å². The predicted octanol–water partition coefficient (Wildman–Crippen LogP) is 3.62. The van der Waals surface area contributed by atoms with E-state index in [1.165, 1.54) is 12.1 Å². The Morgan fingerprint density at radius 2 is 1.96 bits per heavy atom. The van der Waals surface area contributed by atoms with E-state index in [1.54, 1.807) is 12.1 Å². The minimum absolute atomic E-state index is 0.0698. The van der Waals surface area contributed by atoms with Crippen molar-refractivity contribution in [2.75, 3.05) is 6.61 Å². The van der Waals surface area contributed by atoms with E-state index in [9.17, 15) is 9.18 Å². The molecule has 0 saturated carbocycles. The Morgan fingerprint density at radius 1 is 1.25 bits per heavy atom. The van der Waals surface area contributed by atoms with Gasteiger partial charge in [0.2, 0.25) is 0 Å². The number of benzene rings is 2. The van der Waals surface area contributed by atoms with Crippen LogP contribution in [0.15, 0.2) is 48.5 Å². The smallest absolute Gasteiger partial charge is 0.258 e. The molecule has 1 aliphatic rings. The molecule has 0 radical (unpaired) electrons. The maximum atomic E-state index is 13.5. The van der Waals surface area contributed by atoms with Crippen molar-refractivity contribution in [1.82, 2.24) is 5.32 Å². The quantitative estimate of drug-likeness (QED) is 0.932. The molecule has 1 aliphatic heterocycles. The van der Waals surface area contributed by atoms with Crippen LogP contribution >= 0.6 is 0 Å². The summed E-state index contributed by atoms with van der Waals surface area (Å²) in [5.41, 5.74) is 0.565. The van der Waals surface area contributed by atoms with Crippen molar-refractivity contribution in [3.63, 3.8) is 0 Å². The second-order valence-corrected chi connectivity index (χ2v) is 6.44. The van der Waals surface area contributed by atoms with Crippen molar-refractivity contribution in [3.05, 3.63) is 59.9 Å². The average Bonchev–Trinajstić information content (AvgIpc) is 2.53. The van der Waals surface area contributed by atoms with Gasteiger partial charge >= 0.3 is 0 Å². The molecule has 0 aliphatic carbocycles. The number of ether oxygens (including phenoxy) is 2. The molecule has 0 aromatic heterocycles. The van der Waals surface area contributed by atoms with Crippen LogP contribution in [0.2, 0.25) is 0 Å². The molecule has 0 bridgehead atoms. The summed E-state index contributed by atoms with van der Waals surface area (Å²) in [7, 11) is 0. The van der Waals surface area contributed by atoms with Crippen molar-refractivity contribution in [3.8, 4) is 11.5 Å². The standard InChI is InChI=1S/C19H20FNO3/c1-19(2)11-15(13-7-3-5-9-16(13)24-19)21-18(22)12-23-17-10-6-4-8-14(17)20/h3-10,15H,11-12H2,1-2H3,(H,21,22)/t15-/m1/s1. The van der Waals surface area contributed by atoms with E-state index < -0.39 is 5.82 Å². The predicted molar refractivity (Wildman–Crippen MR) is 88.5 cm³/mol. The normalized spacial score (nSPS) is 18.2. The first-order valence-electron chi connectivity index (χ1n) is 7.89. The van der Waals surface area contributed by atoms with E-state index in [-0.39, 0.29) is 29.9 Å². The molecular weight excluding hydrogens is 309 g/mol. The monoisotopic (exact) mass is 329 g/mol. The Morgan fingerprint density at radius 3 is 2.75 bits per heavy atom. The fourth-order valence-corrected chi connectivity index (χ4v) is 2.87. The Balaban J connectivity index is 1.67. The molecular formula is C19H20FNO3. The SMILES string of the molecule is CC1(C)C[C@@H](NC(=O)COc2ccccc2F)c2ccccc2O1. The van der Waals surface area contributed by atoms with Gasteiger partial charge in [-0.15, -0.1) is 0 Å². The number of rotatable bonds is 4. The Bertz CT molecular complexity index is 745. The van der Waals surface area contributed by atoms with Gasteiger partial charge < -0.3 is 14.8 Å². The molecule has 1 atom stereocenters. The lowest BCUT2D eigenvalue weighted by molar-refractivity contribution is -0.124. The molecule has 0 spiro atoms. The van der Waals surface area contributed by atoms with Gasteiger partial charge in [0.1, 0.15) is 11.4 Å². The first-order chi connectivity index (χ1) is 11.4. The van der Waals surface area contributed by atoms with Crippen LogP contribution in [0.1, 0.15) is 31.9 Å². The number of para-hydroxylation sites is 2. The molecule has 0 unspecified atom stereocenters. The van der Waals surface area contributed by atoms with Crippen LogP contribution in [0.3, 0.4) is 0 Å². The fourth-order valence-electron chi connectivity index (χ4n) is 2.87. The van der Waals surface area contributed by atoms with Gasteiger partial charge in [0.05, 0.1) is 6.04 Å². The summed E-state index contributed by atoms with van der Waals surface area (Å²) in [6.45, 7) is 3.73. The van der Waals surface area contributed by atoms with Crippen LogP contribution in [0.25, 0.3) is 0 Å². The number of nitrogens with one attached hydrogen (secondary N) is 1. The minimum Gasteiger partial charge on any atom is -0.487 e. The van der Waals surface area contributed by atoms with Crippen LogP contribution in [-0.2, 0) is 4.79 Å². The van der Waals surface area contributed by atoms with Gasteiger partial charge in [-0.1, -0.05) is 30.3 Å². The second-order valence-electron chi connectivity index (χ2n) is 6.44. The molecule has 2 aromatic carbocycles. The molecule has 1 amide bonds. The molecule has 2 aromatic rings. The van der Waals surface area contributed by atoms with Crippen molar-refractivity contribution in [1.29, 1.82) is 0 Å². The molecule has 0 saturated heterocycles. The van der Waals surface area contributed by atoms with Gasteiger partial charge in [0.25, 0.3) is 5.91 Å². The number of amides is 1. The van der Waals surface area contributed by atoms with E-state index in [2.05, 4.69) is 5.32 Å². The highest BCUT2D eigenvalue weighted by Gasteiger charge is 2.34. The topological polar surface area (TPSA) is 47.6 Å². The Kier molecular flexibility index (Phi) is 4.42. The van der Waals surface area contributed by atoms with Gasteiger partial charge in [-0.05, 0) is 32.0 Å². The molecule has 126 valence electrons. The number of halogens is 1. The summed E-state index contributed by atoms with van der Waals surface area (Å²) in [5.74, 6) is 0.0630. The molecule has 0 fully saturated rings. The van der Waals surface area contributed by atoms with Crippen LogP contribution < -0.4 is 14.8 Å². The zero-order chi connectivity index (χ0) is 17.2. The van der Waals surface area contributed by atoms with Crippen LogP contribution in [0.5, 0.6) is 11.5 Å². The largest absolute Gasteiger partial charge is 0.487 e. The highest BCUT2D eigenvalue weighted by atomic mass is 19.1. The maximum absolute atomic E-state index is 13.5. The summed E-state index contributed by atoms with van der Waals surface area (Å²) in [6.07, 6.45) is 0.648. The third-order valence-electron chi connectivity index (χ3n) is 3.91. The van der Waals surface area contributed by atoms with Crippen molar-refractivity contribution in [2.24, 2.45) is 0 Å². The lowest BCUT2D eigenvalue weighted by atomic mass is 9.90. The number of hydrogen-bond donors (Lipinski definition) is 1. The molecule has 3 rings (SSSR count). The summed E-state index contributed by atoms with van der Waals surface area (Å²) >= 11 is 0. The minimum atomic E-state index is -0.483. The lowest BCUT2D eigenvalue weighted by Crippen LogP contribution is -2.42. The van der Waals surface area contributed by atoms with Crippen molar-refractivity contribution < 1.29 is 18.7 Å². The summed E-state index contributed by atoms with van der Waals surface area (Å²) < 4.78 is 24.7. The van der Waals surface area contributed by atoms with Gasteiger partial charge in [-0.3, -0.25) is 4.79 Å². The van der Waals surface area contributed by atoms with Gasteiger partial charge in [0, 0.05) is 12.0 Å². The van der Waals surface area contributed by atoms with Gasteiger partial charge in [0.15, 0.2) is 18.2 Å². The Labute approximate surface area is 140 Å². The zero-order valence-electron chi connectivity index (χ0n) is 13.7. The lowest BCUT2D eigenvalue weighted by Gasteiger charge is -2.37. The molecule has 24 heavy (non-hydrogen) atoms. The number of fused-ring (bicyclic) bond motifs is 1. The molecule has 4 nitrogen and oxygen atoms in total. The molecule has 1 heterocycles. The fraction of sp³-hybridized carbons (Fsp3) is 0.316. The zero-order valence-corrected chi connectivity index (χ0v) is 13.7. The first-order valence-corrected chi connectivity index (χ1v) is 7.89. The van der Waals surface area contributed by atoms with E-state index in [0.29, 0.717) is 6.42 Å². The van der Waals surface area contributed by atoms with Crippen molar-refractivity contribution in [2.45, 2.75) is 31.9 Å². The summed E-state index contributed by atoms with van der Waals surface area (Å²) in [5, 5.41) is 2.95. The highest BCUT2D eigenvalue weighted by Crippen LogP contribution is 2.39. The summed E-state index contributed by atoms with van der Waals surface area (Å²) in [4.78, 5) is 12.2. The van der Waals surface area contributed by atoms with Crippen LogP contribution in [-0.4, -0.2) is 18.1 Å². The number of hydrogen-bond acceptors (Lipinski definition) is 3.